The minimum atomic E-state index is -0.642. The standard InChI is InChI=1S/C24H27ClN4O4/c1-14(2)29(3)11-16(30)12-33-21-10-19-17(9-20(21)31-4)24(27-13-26-19)28-22-18(25)6-5-15-7-8-32-23(15)22/h5-10,13-14,16,30H,11-12H2,1-4H3,(H,26,27,28). The number of fused-ring (bicyclic) bond motifs is 2. The van der Waals surface area contributed by atoms with Crippen LogP contribution in [0.5, 0.6) is 11.5 Å². The summed E-state index contributed by atoms with van der Waals surface area (Å²) < 4.78 is 17.0. The van der Waals surface area contributed by atoms with E-state index in [1.807, 2.05) is 19.2 Å². The Morgan fingerprint density at radius 2 is 2.00 bits per heavy atom. The van der Waals surface area contributed by atoms with Crippen molar-refractivity contribution in [2.24, 2.45) is 0 Å². The van der Waals surface area contributed by atoms with E-state index in [0.29, 0.717) is 51.7 Å². The Balaban J connectivity index is 1.62. The number of nitrogens with one attached hydrogen (secondary N) is 1. The highest BCUT2D eigenvalue weighted by Crippen LogP contribution is 2.38. The molecule has 2 aromatic carbocycles. The van der Waals surface area contributed by atoms with Gasteiger partial charge in [-0.15, -0.1) is 0 Å². The van der Waals surface area contributed by atoms with Gasteiger partial charge in [-0.05, 0) is 45.2 Å². The number of hydrogen-bond acceptors (Lipinski definition) is 8. The van der Waals surface area contributed by atoms with Crippen LogP contribution in [0.4, 0.5) is 11.5 Å². The maximum atomic E-state index is 10.3. The second kappa shape index (κ2) is 9.82. The van der Waals surface area contributed by atoms with Gasteiger partial charge >= 0.3 is 0 Å². The van der Waals surface area contributed by atoms with Gasteiger partial charge in [-0.3, -0.25) is 0 Å². The van der Waals surface area contributed by atoms with Crippen LogP contribution < -0.4 is 14.8 Å². The van der Waals surface area contributed by atoms with Gasteiger partial charge in [-0.2, -0.15) is 0 Å². The Hall–Kier alpha value is -3.07. The van der Waals surface area contributed by atoms with E-state index < -0.39 is 6.10 Å². The molecular weight excluding hydrogens is 444 g/mol. The molecule has 1 atom stereocenters. The van der Waals surface area contributed by atoms with Crippen LogP contribution >= 0.6 is 11.6 Å². The van der Waals surface area contributed by atoms with Crippen molar-refractivity contribution in [2.75, 3.05) is 32.6 Å². The molecule has 1 unspecified atom stereocenters. The average Bonchev–Trinajstić information content (AvgIpc) is 3.28. The van der Waals surface area contributed by atoms with E-state index in [4.69, 9.17) is 25.5 Å². The molecule has 0 fully saturated rings. The summed E-state index contributed by atoms with van der Waals surface area (Å²) in [6, 6.07) is 9.47. The third-order valence-corrected chi connectivity index (χ3v) is 5.86. The zero-order chi connectivity index (χ0) is 23.5. The van der Waals surface area contributed by atoms with Crippen LogP contribution in [0, 0.1) is 0 Å². The molecule has 33 heavy (non-hydrogen) atoms. The zero-order valence-electron chi connectivity index (χ0n) is 19.0. The Morgan fingerprint density at radius 1 is 1.18 bits per heavy atom. The van der Waals surface area contributed by atoms with Crippen LogP contribution in [-0.2, 0) is 0 Å². The number of rotatable bonds is 9. The fourth-order valence-corrected chi connectivity index (χ4v) is 3.66. The highest BCUT2D eigenvalue weighted by atomic mass is 35.5. The van der Waals surface area contributed by atoms with Crippen molar-refractivity contribution in [1.29, 1.82) is 0 Å². The maximum absolute atomic E-state index is 10.3. The topological polar surface area (TPSA) is 92.9 Å². The third kappa shape index (κ3) is 4.98. The lowest BCUT2D eigenvalue weighted by molar-refractivity contribution is 0.0669. The highest BCUT2D eigenvalue weighted by Gasteiger charge is 2.17. The fraction of sp³-hybridized carbons (Fsp3) is 0.333. The molecule has 2 N–H and O–H groups in total. The molecule has 0 amide bonds. The number of aromatic nitrogens is 2. The second-order valence-corrected chi connectivity index (χ2v) is 8.53. The molecule has 0 saturated heterocycles. The highest BCUT2D eigenvalue weighted by molar-refractivity contribution is 6.35. The number of hydrogen-bond donors (Lipinski definition) is 2. The number of aliphatic hydroxyl groups is 1. The quantitative estimate of drug-likeness (QED) is 0.358. The third-order valence-electron chi connectivity index (χ3n) is 5.55. The Morgan fingerprint density at radius 3 is 2.76 bits per heavy atom. The molecule has 0 radical (unpaired) electrons. The Bertz CT molecular complexity index is 1260. The normalized spacial score (nSPS) is 12.6. The molecule has 0 aliphatic rings. The van der Waals surface area contributed by atoms with Crippen molar-refractivity contribution in [1.82, 2.24) is 14.9 Å². The van der Waals surface area contributed by atoms with Crippen molar-refractivity contribution in [3.8, 4) is 11.5 Å². The van der Waals surface area contributed by atoms with Crippen LogP contribution in [0.2, 0.25) is 5.02 Å². The summed E-state index contributed by atoms with van der Waals surface area (Å²) in [5.74, 6) is 1.55. The second-order valence-electron chi connectivity index (χ2n) is 8.13. The number of furan rings is 1. The number of methoxy groups -OCH3 is 1. The van der Waals surface area contributed by atoms with Crippen LogP contribution in [0.15, 0.2) is 47.3 Å². The van der Waals surface area contributed by atoms with Gasteiger partial charge in [-0.1, -0.05) is 11.6 Å². The first kappa shape index (κ1) is 23.1. The predicted octanol–water partition coefficient (Wildman–Crippen LogP) is 4.86. The summed E-state index contributed by atoms with van der Waals surface area (Å²) in [5, 5.41) is 15.8. The van der Waals surface area contributed by atoms with Gasteiger partial charge in [-0.25, -0.2) is 9.97 Å². The van der Waals surface area contributed by atoms with Crippen LogP contribution in [0.1, 0.15) is 13.8 Å². The van der Waals surface area contributed by atoms with E-state index in [1.165, 1.54) is 6.33 Å². The number of halogens is 1. The lowest BCUT2D eigenvalue weighted by Gasteiger charge is -2.24. The summed E-state index contributed by atoms with van der Waals surface area (Å²) in [6.45, 7) is 4.78. The summed E-state index contributed by atoms with van der Waals surface area (Å²) >= 11 is 6.43. The van der Waals surface area contributed by atoms with E-state index in [2.05, 4.69) is 34.0 Å². The molecule has 4 rings (SSSR count). The van der Waals surface area contributed by atoms with Crippen LogP contribution in [0.25, 0.3) is 21.9 Å². The number of nitrogens with zero attached hydrogens (tertiary/aromatic N) is 3. The number of likely N-dealkylation sites (N-methyl/N-ethyl adjacent to an activating group) is 1. The molecule has 0 saturated carbocycles. The number of ether oxygens (including phenoxy) is 2. The van der Waals surface area contributed by atoms with Crippen molar-refractivity contribution < 1.29 is 19.0 Å². The van der Waals surface area contributed by atoms with E-state index in [9.17, 15) is 5.11 Å². The van der Waals surface area contributed by atoms with Crippen molar-refractivity contribution in [2.45, 2.75) is 26.0 Å². The van der Waals surface area contributed by atoms with Gasteiger partial charge in [0, 0.05) is 29.4 Å². The van der Waals surface area contributed by atoms with E-state index in [0.717, 1.165) is 10.8 Å². The summed E-state index contributed by atoms with van der Waals surface area (Å²) in [6.07, 6.45) is 2.43. The first-order chi connectivity index (χ1) is 15.9. The number of anilines is 2. The predicted molar refractivity (Wildman–Crippen MR) is 130 cm³/mol. The van der Waals surface area contributed by atoms with Gasteiger partial charge < -0.3 is 29.2 Å². The first-order valence-corrected chi connectivity index (χ1v) is 11.0. The van der Waals surface area contributed by atoms with E-state index >= 15 is 0 Å². The molecule has 4 aromatic rings. The summed E-state index contributed by atoms with van der Waals surface area (Å²) in [7, 11) is 3.53. The maximum Gasteiger partial charge on any atom is 0.163 e. The smallest absolute Gasteiger partial charge is 0.163 e. The van der Waals surface area contributed by atoms with Gasteiger partial charge in [0.15, 0.2) is 17.1 Å². The van der Waals surface area contributed by atoms with E-state index in [-0.39, 0.29) is 6.61 Å². The largest absolute Gasteiger partial charge is 0.493 e. The minimum Gasteiger partial charge on any atom is -0.493 e. The van der Waals surface area contributed by atoms with Crippen molar-refractivity contribution in [3.05, 3.63) is 47.9 Å². The molecule has 9 heteroatoms. The van der Waals surface area contributed by atoms with Crippen LogP contribution in [-0.4, -0.2) is 59.4 Å². The lowest BCUT2D eigenvalue weighted by atomic mass is 10.2. The average molecular weight is 471 g/mol. The fourth-order valence-electron chi connectivity index (χ4n) is 3.46. The Kier molecular flexibility index (Phi) is 6.88. The summed E-state index contributed by atoms with van der Waals surface area (Å²) in [4.78, 5) is 10.8. The number of aliphatic hydroxyl groups excluding tert-OH is 1. The van der Waals surface area contributed by atoms with Gasteiger partial charge in [0.2, 0.25) is 0 Å². The molecule has 0 spiro atoms. The molecule has 174 valence electrons. The van der Waals surface area contributed by atoms with Crippen molar-refractivity contribution in [3.63, 3.8) is 0 Å². The van der Waals surface area contributed by atoms with Gasteiger partial charge in [0.25, 0.3) is 0 Å². The van der Waals surface area contributed by atoms with Crippen molar-refractivity contribution >= 4 is 45.0 Å². The summed E-state index contributed by atoms with van der Waals surface area (Å²) in [5.41, 5.74) is 1.91. The SMILES string of the molecule is COc1cc2c(Nc3c(Cl)ccc4ccoc34)ncnc2cc1OCC(O)CN(C)C(C)C. The van der Waals surface area contributed by atoms with Gasteiger partial charge in [0.05, 0.1) is 23.9 Å². The van der Waals surface area contributed by atoms with Gasteiger partial charge in [0.1, 0.15) is 30.5 Å². The lowest BCUT2D eigenvalue weighted by Crippen LogP contribution is -2.36. The van der Waals surface area contributed by atoms with E-state index in [1.54, 1.807) is 31.6 Å². The zero-order valence-corrected chi connectivity index (χ0v) is 19.8. The molecule has 2 aromatic heterocycles. The molecule has 2 heterocycles. The molecule has 0 aliphatic carbocycles. The molecule has 8 nitrogen and oxygen atoms in total. The molecule has 0 bridgehead atoms. The minimum absolute atomic E-state index is 0.130. The molecule has 0 aliphatic heterocycles. The van der Waals surface area contributed by atoms with Crippen LogP contribution in [0.3, 0.4) is 0 Å². The first-order valence-electron chi connectivity index (χ1n) is 10.6. The molecular formula is C24H27ClN4O4. The monoisotopic (exact) mass is 470 g/mol. The Labute approximate surface area is 197 Å². The number of benzene rings is 2.